The van der Waals surface area contributed by atoms with Crippen molar-refractivity contribution in [3.8, 4) is 0 Å². The van der Waals surface area contributed by atoms with Crippen molar-refractivity contribution in [2.45, 2.75) is 44.1 Å². The van der Waals surface area contributed by atoms with Crippen LogP contribution >= 0.6 is 12.4 Å². The molecule has 1 aromatic carbocycles. The zero-order chi connectivity index (χ0) is 22.5. The molecule has 0 bridgehead atoms. The molecule has 1 aromatic rings. The number of ether oxygens (including phenoxy) is 1. The highest BCUT2D eigenvalue weighted by Crippen LogP contribution is 2.34. The van der Waals surface area contributed by atoms with Crippen molar-refractivity contribution in [3.63, 3.8) is 0 Å². The first-order valence-corrected chi connectivity index (χ1v) is 9.13. The molecule has 2 rings (SSSR count). The Morgan fingerprint density at radius 2 is 1.58 bits per heavy atom. The van der Waals surface area contributed by atoms with Gasteiger partial charge in [-0.3, -0.25) is 9.69 Å². The van der Waals surface area contributed by atoms with Crippen LogP contribution in [0.1, 0.15) is 25.7 Å². The van der Waals surface area contributed by atoms with Gasteiger partial charge in [0.25, 0.3) is 0 Å². The largest absolute Gasteiger partial charge is 0.449 e. The van der Waals surface area contributed by atoms with Crippen LogP contribution in [0.2, 0.25) is 0 Å². The van der Waals surface area contributed by atoms with Crippen LogP contribution in [-0.4, -0.2) is 50.1 Å². The van der Waals surface area contributed by atoms with E-state index in [1.807, 2.05) is 0 Å². The summed E-state index contributed by atoms with van der Waals surface area (Å²) in [5, 5.41) is 0. The predicted octanol–water partition coefficient (Wildman–Crippen LogP) is 4.41. The monoisotopic (exact) mass is 477 g/mol. The van der Waals surface area contributed by atoms with Crippen molar-refractivity contribution in [1.29, 1.82) is 0 Å². The fourth-order valence-electron chi connectivity index (χ4n) is 2.96. The van der Waals surface area contributed by atoms with Crippen LogP contribution < -0.4 is 15.5 Å². The summed E-state index contributed by atoms with van der Waals surface area (Å²) < 4.78 is 79.0. The molecule has 1 atom stereocenters. The van der Waals surface area contributed by atoms with Gasteiger partial charge in [0, 0.05) is 19.4 Å². The summed E-state index contributed by atoms with van der Waals surface area (Å²) in [4.78, 5) is 27.1. The maximum atomic E-state index is 12.6. The molecule has 0 unspecified atom stereocenters. The van der Waals surface area contributed by atoms with Gasteiger partial charge in [0.1, 0.15) is 6.04 Å². The molecule has 0 saturated carbocycles. The third-order valence-electron chi connectivity index (χ3n) is 4.32. The number of carbonyl (C=O) groups excluding carboxylic acids is 2. The first-order chi connectivity index (χ1) is 13.9. The summed E-state index contributed by atoms with van der Waals surface area (Å²) in [6.45, 7) is -1.09. The topological polar surface area (TPSA) is 75.9 Å². The van der Waals surface area contributed by atoms with Gasteiger partial charge in [-0.15, -0.1) is 12.4 Å². The summed E-state index contributed by atoms with van der Waals surface area (Å²) in [6, 6.07) is 4.73. The number of halogens is 7. The van der Waals surface area contributed by atoms with Crippen LogP contribution in [0.15, 0.2) is 24.3 Å². The van der Waals surface area contributed by atoms with Crippen LogP contribution in [0.5, 0.6) is 0 Å². The number of hydrogen-bond acceptors (Lipinski definition) is 4. The lowest BCUT2D eigenvalue weighted by molar-refractivity contribution is -0.137. The summed E-state index contributed by atoms with van der Waals surface area (Å²) in [5.41, 5.74) is 6.18. The highest BCUT2D eigenvalue weighted by atomic mass is 35.5. The zero-order valence-electron chi connectivity index (χ0n) is 16.2. The number of hydrogen-bond donors (Lipinski definition) is 1. The fourth-order valence-corrected chi connectivity index (χ4v) is 2.96. The second-order valence-corrected chi connectivity index (χ2v) is 6.75. The van der Waals surface area contributed by atoms with E-state index in [4.69, 9.17) is 10.5 Å². The molecule has 1 heterocycles. The molecule has 176 valence electrons. The van der Waals surface area contributed by atoms with Gasteiger partial charge in [0.05, 0.1) is 24.5 Å². The molecular weight excluding hydrogens is 456 g/mol. The van der Waals surface area contributed by atoms with Gasteiger partial charge in [-0.05, 0) is 25.0 Å². The van der Waals surface area contributed by atoms with Crippen molar-refractivity contribution < 1.29 is 40.7 Å². The van der Waals surface area contributed by atoms with Crippen molar-refractivity contribution in [2.75, 3.05) is 29.5 Å². The van der Waals surface area contributed by atoms with Crippen molar-refractivity contribution in [2.24, 2.45) is 5.73 Å². The molecular formula is C18H22ClF6N3O3. The van der Waals surface area contributed by atoms with E-state index < -0.39 is 56.3 Å². The molecule has 13 heteroatoms. The Hall–Kier alpha value is -2.21. The van der Waals surface area contributed by atoms with Crippen molar-refractivity contribution in [1.82, 2.24) is 0 Å². The highest BCUT2D eigenvalue weighted by molar-refractivity contribution is 6.05. The number of nitrogens with two attached hydrogens (primary N) is 1. The molecule has 1 aliphatic rings. The van der Waals surface area contributed by atoms with E-state index in [-0.39, 0.29) is 43.3 Å². The first kappa shape index (κ1) is 26.8. The average molecular weight is 478 g/mol. The van der Waals surface area contributed by atoms with Crippen LogP contribution in [-0.2, 0) is 9.53 Å². The van der Waals surface area contributed by atoms with E-state index in [0.717, 1.165) is 9.80 Å². The Morgan fingerprint density at radius 1 is 1.03 bits per heavy atom. The number of fused-ring (bicyclic) bond motifs is 1. The minimum atomic E-state index is -4.39. The molecule has 0 aromatic heterocycles. The third-order valence-corrected chi connectivity index (χ3v) is 4.32. The fraction of sp³-hybridized carbons (Fsp3) is 0.556. The van der Waals surface area contributed by atoms with E-state index in [0.29, 0.717) is 0 Å². The van der Waals surface area contributed by atoms with E-state index in [1.165, 1.54) is 24.3 Å². The molecule has 2 amide bonds. The summed E-state index contributed by atoms with van der Waals surface area (Å²) in [6.07, 6.45) is -12.8. The Labute approximate surface area is 180 Å². The van der Waals surface area contributed by atoms with Gasteiger partial charge in [0.2, 0.25) is 5.91 Å². The minimum absolute atomic E-state index is 0. The number of carbonyl (C=O) groups is 2. The van der Waals surface area contributed by atoms with E-state index in [2.05, 4.69) is 0 Å². The maximum Gasteiger partial charge on any atom is 0.414 e. The standard InChI is InChI=1S/C18H21F6N3O3.ClH/c19-17(20,21)7-3-9-26-13-5-1-2-6-14(13)27(11-12(25)15(26)28)16(29)30-10-4-8-18(22,23)24;/h1-2,5-6,12H,3-4,7-11,25H2;1H/t12-;/m0./s1. The van der Waals surface area contributed by atoms with E-state index in [9.17, 15) is 35.9 Å². The molecule has 0 spiro atoms. The van der Waals surface area contributed by atoms with Gasteiger partial charge < -0.3 is 15.4 Å². The molecule has 0 radical (unpaired) electrons. The number of amides is 2. The summed E-state index contributed by atoms with van der Waals surface area (Å²) in [7, 11) is 0. The van der Waals surface area contributed by atoms with Gasteiger partial charge in [-0.2, -0.15) is 26.3 Å². The van der Waals surface area contributed by atoms with Crippen LogP contribution in [0, 0.1) is 0 Å². The molecule has 2 N–H and O–H groups in total. The highest BCUT2D eigenvalue weighted by Gasteiger charge is 2.35. The Kier molecular flexibility index (Phi) is 9.43. The minimum Gasteiger partial charge on any atom is -0.449 e. The first-order valence-electron chi connectivity index (χ1n) is 9.13. The number of benzene rings is 1. The molecule has 0 fully saturated rings. The lowest BCUT2D eigenvalue weighted by Gasteiger charge is -2.25. The lowest BCUT2D eigenvalue weighted by Crippen LogP contribution is -2.48. The van der Waals surface area contributed by atoms with Crippen molar-refractivity contribution in [3.05, 3.63) is 24.3 Å². The molecule has 1 aliphatic heterocycles. The van der Waals surface area contributed by atoms with Gasteiger partial charge in [-0.1, -0.05) is 12.1 Å². The number of para-hydroxylation sites is 2. The maximum absolute atomic E-state index is 12.6. The van der Waals surface area contributed by atoms with Gasteiger partial charge in [-0.25, -0.2) is 4.79 Å². The van der Waals surface area contributed by atoms with Crippen LogP contribution in [0.3, 0.4) is 0 Å². The molecule has 31 heavy (non-hydrogen) atoms. The Morgan fingerprint density at radius 3 is 2.16 bits per heavy atom. The molecule has 0 saturated heterocycles. The number of anilines is 2. The average Bonchev–Trinajstić information content (AvgIpc) is 2.74. The number of nitrogens with zero attached hydrogens (tertiary/aromatic N) is 2. The quantitative estimate of drug-likeness (QED) is 0.486. The Balaban J connectivity index is 0.00000480. The van der Waals surface area contributed by atoms with E-state index >= 15 is 0 Å². The van der Waals surface area contributed by atoms with Gasteiger partial charge in [0.15, 0.2) is 0 Å². The Bertz CT molecular complexity index is 760. The zero-order valence-corrected chi connectivity index (χ0v) is 17.0. The molecule has 0 aliphatic carbocycles. The van der Waals surface area contributed by atoms with Crippen LogP contribution in [0.25, 0.3) is 0 Å². The summed E-state index contributed by atoms with van der Waals surface area (Å²) >= 11 is 0. The van der Waals surface area contributed by atoms with Crippen LogP contribution in [0.4, 0.5) is 42.5 Å². The van der Waals surface area contributed by atoms with Gasteiger partial charge >= 0.3 is 18.4 Å². The smallest absolute Gasteiger partial charge is 0.414 e. The normalized spacial score (nSPS) is 17.0. The summed E-state index contributed by atoms with van der Waals surface area (Å²) in [5.74, 6) is -0.669. The second-order valence-electron chi connectivity index (χ2n) is 6.75. The van der Waals surface area contributed by atoms with E-state index in [1.54, 1.807) is 0 Å². The predicted molar refractivity (Wildman–Crippen MR) is 103 cm³/mol. The van der Waals surface area contributed by atoms with Crippen molar-refractivity contribution >= 4 is 35.8 Å². The SMILES string of the molecule is Cl.N[C@H]1CN(C(=O)OCCCC(F)(F)F)c2ccccc2N(CCCC(F)(F)F)C1=O. The third kappa shape index (κ3) is 8.09. The number of rotatable bonds is 6. The lowest BCUT2D eigenvalue weighted by atomic mass is 10.2. The number of alkyl halides is 6. The molecule has 6 nitrogen and oxygen atoms in total. The second kappa shape index (κ2) is 10.9.